The van der Waals surface area contributed by atoms with Crippen LogP contribution < -0.4 is 5.32 Å². The molecule has 0 aliphatic heterocycles. The van der Waals surface area contributed by atoms with Gasteiger partial charge in [-0.25, -0.2) is 4.98 Å². The number of anilines is 1. The van der Waals surface area contributed by atoms with Gasteiger partial charge < -0.3 is 5.32 Å². The van der Waals surface area contributed by atoms with Gasteiger partial charge in [-0.2, -0.15) is 13.2 Å². The van der Waals surface area contributed by atoms with Crippen LogP contribution in [0.25, 0.3) is 0 Å². The number of halogens is 3. The van der Waals surface area contributed by atoms with Gasteiger partial charge in [0.25, 0.3) is 0 Å². The highest BCUT2D eigenvalue weighted by Gasteiger charge is 2.27. The molecule has 15 heavy (non-hydrogen) atoms. The van der Waals surface area contributed by atoms with Gasteiger partial charge in [0.05, 0.1) is 6.42 Å². The van der Waals surface area contributed by atoms with Crippen molar-refractivity contribution in [2.75, 3.05) is 5.32 Å². The number of hydrogen-bond donors (Lipinski definition) is 1. The van der Waals surface area contributed by atoms with Crippen LogP contribution in [0.4, 0.5) is 19.0 Å². The van der Waals surface area contributed by atoms with Gasteiger partial charge in [0.1, 0.15) is 5.82 Å². The molecule has 3 nitrogen and oxygen atoms in total. The van der Waals surface area contributed by atoms with Crippen molar-refractivity contribution in [2.45, 2.75) is 19.0 Å². The molecule has 1 rings (SSSR count). The molecule has 0 aliphatic carbocycles. The number of carbonyl (C=O) groups excluding carboxylic acids is 1. The number of aromatic nitrogens is 1. The lowest BCUT2D eigenvalue weighted by Crippen LogP contribution is -2.16. The minimum Gasteiger partial charge on any atom is -0.311 e. The van der Waals surface area contributed by atoms with Crippen LogP contribution in [0, 0.1) is 0 Å². The first-order valence-electron chi connectivity index (χ1n) is 4.25. The number of hydrogen-bond acceptors (Lipinski definition) is 2. The van der Waals surface area contributed by atoms with E-state index >= 15 is 0 Å². The molecule has 0 atom stereocenters. The van der Waals surface area contributed by atoms with E-state index in [2.05, 4.69) is 10.3 Å². The quantitative estimate of drug-likeness (QED) is 0.846. The number of nitrogens with one attached hydrogen (secondary N) is 1. The van der Waals surface area contributed by atoms with E-state index in [9.17, 15) is 18.0 Å². The largest absolute Gasteiger partial charge is 0.389 e. The zero-order chi connectivity index (χ0) is 11.3. The summed E-state index contributed by atoms with van der Waals surface area (Å²) in [4.78, 5) is 14.8. The minimum absolute atomic E-state index is 0.254. The molecule has 1 N–H and O–H groups in total. The molecule has 0 fully saturated rings. The summed E-state index contributed by atoms with van der Waals surface area (Å²) in [6.07, 6.45) is -4.56. The normalized spacial score (nSPS) is 11.1. The van der Waals surface area contributed by atoms with E-state index in [1.54, 1.807) is 12.1 Å². The standard InChI is InChI=1S/C9H9F3N2O/c10-9(11,12)5-4-8(15)14-7-3-1-2-6-13-7/h1-3,6H,4-5H2,(H,13,14,15). The third-order valence-corrected chi connectivity index (χ3v) is 1.57. The second-order valence-electron chi connectivity index (χ2n) is 2.88. The first-order valence-corrected chi connectivity index (χ1v) is 4.25. The van der Waals surface area contributed by atoms with Crippen LogP contribution in [0.3, 0.4) is 0 Å². The van der Waals surface area contributed by atoms with Crippen LogP contribution >= 0.6 is 0 Å². The van der Waals surface area contributed by atoms with Crippen LogP contribution in [-0.4, -0.2) is 17.1 Å². The van der Waals surface area contributed by atoms with Crippen molar-refractivity contribution in [3.05, 3.63) is 24.4 Å². The Labute approximate surface area is 84.3 Å². The Bertz CT molecular complexity index is 324. The van der Waals surface area contributed by atoms with Gasteiger partial charge in [-0.05, 0) is 12.1 Å². The highest BCUT2D eigenvalue weighted by atomic mass is 19.4. The maximum Gasteiger partial charge on any atom is 0.389 e. The van der Waals surface area contributed by atoms with Crippen LogP contribution in [0.1, 0.15) is 12.8 Å². The van der Waals surface area contributed by atoms with Crippen LogP contribution in [0.2, 0.25) is 0 Å². The van der Waals surface area contributed by atoms with E-state index in [1.165, 1.54) is 12.3 Å². The zero-order valence-corrected chi connectivity index (χ0v) is 7.71. The smallest absolute Gasteiger partial charge is 0.311 e. The van der Waals surface area contributed by atoms with Gasteiger partial charge in [0.15, 0.2) is 0 Å². The summed E-state index contributed by atoms with van der Waals surface area (Å²) in [7, 11) is 0. The molecule has 0 unspecified atom stereocenters. The molecule has 0 aromatic carbocycles. The molecule has 6 heteroatoms. The molecule has 0 spiro atoms. The Morgan fingerprint density at radius 2 is 2.13 bits per heavy atom. The maximum atomic E-state index is 11.8. The van der Waals surface area contributed by atoms with Crippen molar-refractivity contribution in [3.63, 3.8) is 0 Å². The maximum absolute atomic E-state index is 11.8. The summed E-state index contributed by atoms with van der Waals surface area (Å²) in [6, 6.07) is 4.78. The van der Waals surface area contributed by atoms with Crippen molar-refractivity contribution in [2.24, 2.45) is 0 Å². The summed E-state index contributed by atoms with van der Waals surface area (Å²) in [5, 5.41) is 2.26. The summed E-state index contributed by atoms with van der Waals surface area (Å²) in [6.45, 7) is 0. The van der Waals surface area contributed by atoms with E-state index in [-0.39, 0.29) is 5.82 Å². The number of alkyl halides is 3. The number of nitrogens with zero attached hydrogens (tertiary/aromatic N) is 1. The van der Waals surface area contributed by atoms with Gasteiger partial charge in [0, 0.05) is 12.6 Å². The molecular formula is C9H9F3N2O. The Balaban J connectivity index is 2.38. The van der Waals surface area contributed by atoms with Crippen LogP contribution in [0.15, 0.2) is 24.4 Å². The third-order valence-electron chi connectivity index (χ3n) is 1.57. The Hall–Kier alpha value is -1.59. The number of rotatable bonds is 3. The molecule has 1 aromatic rings. The fraction of sp³-hybridized carbons (Fsp3) is 0.333. The van der Waals surface area contributed by atoms with E-state index in [4.69, 9.17) is 0 Å². The Morgan fingerprint density at radius 3 is 2.67 bits per heavy atom. The SMILES string of the molecule is O=C(CCC(F)(F)F)Nc1ccccn1. The number of pyridine rings is 1. The highest BCUT2D eigenvalue weighted by Crippen LogP contribution is 2.21. The second-order valence-corrected chi connectivity index (χ2v) is 2.88. The lowest BCUT2D eigenvalue weighted by atomic mass is 10.3. The molecular weight excluding hydrogens is 209 g/mol. The molecule has 1 amide bonds. The fourth-order valence-corrected chi connectivity index (χ4v) is 0.897. The monoisotopic (exact) mass is 218 g/mol. The lowest BCUT2D eigenvalue weighted by molar-refractivity contribution is -0.142. The first-order chi connectivity index (χ1) is 6.97. The van der Waals surface area contributed by atoms with Gasteiger partial charge >= 0.3 is 6.18 Å². The van der Waals surface area contributed by atoms with Crippen molar-refractivity contribution < 1.29 is 18.0 Å². The highest BCUT2D eigenvalue weighted by molar-refractivity contribution is 5.89. The van der Waals surface area contributed by atoms with Gasteiger partial charge in [-0.15, -0.1) is 0 Å². The molecule has 0 saturated carbocycles. The molecule has 0 saturated heterocycles. The van der Waals surface area contributed by atoms with Gasteiger partial charge in [0.2, 0.25) is 5.91 Å². The Kier molecular flexibility index (Phi) is 3.65. The predicted octanol–water partition coefficient (Wildman–Crippen LogP) is 2.36. The fourth-order valence-electron chi connectivity index (χ4n) is 0.897. The summed E-state index contributed by atoms with van der Waals surface area (Å²) < 4.78 is 35.3. The number of carbonyl (C=O) groups is 1. The minimum atomic E-state index is -4.30. The first kappa shape index (κ1) is 11.5. The third kappa shape index (κ3) is 4.99. The van der Waals surface area contributed by atoms with E-state index in [1.807, 2.05) is 0 Å². The van der Waals surface area contributed by atoms with E-state index in [0.717, 1.165) is 0 Å². The van der Waals surface area contributed by atoms with Gasteiger partial charge in [-0.3, -0.25) is 4.79 Å². The summed E-state index contributed by atoms with van der Waals surface area (Å²) in [5.41, 5.74) is 0. The molecule has 1 heterocycles. The molecule has 0 aliphatic rings. The predicted molar refractivity (Wildman–Crippen MR) is 48.2 cm³/mol. The van der Waals surface area contributed by atoms with Crippen molar-refractivity contribution in [1.82, 2.24) is 4.98 Å². The molecule has 0 radical (unpaired) electrons. The van der Waals surface area contributed by atoms with Crippen molar-refractivity contribution in [3.8, 4) is 0 Å². The second kappa shape index (κ2) is 4.77. The zero-order valence-electron chi connectivity index (χ0n) is 7.71. The molecule has 82 valence electrons. The van der Waals surface area contributed by atoms with Crippen LogP contribution in [0.5, 0.6) is 0 Å². The van der Waals surface area contributed by atoms with Crippen molar-refractivity contribution in [1.29, 1.82) is 0 Å². The molecule has 1 aromatic heterocycles. The van der Waals surface area contributed by atoms with E-state index < -0.39 is 24.9 Å². The molecule has 0 bridgehead atoms. The summed E-state index contributed by atoms with van der Waals surface area (Å²) >= 11 is 0. The summed E-state index contributed by atoms with van der Waals surface area (Å²) in [5.74, 6) is -0.435. The Morgan fingerprint density at radius 1 is 1.40 bits per heavy atom. The van der Waals surface area contributed by atoms with E-state index in [0.29, 0.717) is 0 Å². The average molecular weight is 218 g/mol. The number of amides is 1. The van der Waals surface area contributed by atoms with Gasteiger partial charge in [-0.1, -0.05) is 6.07 Å². The lowest BCUT2D eigenvalue weighted by Gasteiger charge is -2.06. The van der Waals surface area contributed by atoms with Crippen LogP contribution in [-0.2, 0) is 4.79 Å². The van der Waals surface area contributed by atoms with Crippen molar-refractivity contribution >= 4 is 11.7 Å². The topological polar surface area (TPSA) is 42.0 Å². The average Bonchev–Trinajstić information content (AvgIpc) is 2.15.